The van der Waals surface area contributed by atoms with E-state index in [0.717, 1.165) is 23.3 Å². The molecule has 0 saturated carbocycles. The van der Waals surface area contributed by atoms with Crippen molar-refractivity contribution in [1.82, 2.24) is 5.43 Å². The maximum atomic E-state index is 12.0. The molecule has 0 atom stereocenters. The van der Waals surface area contributed by atoms with Gasteiger partial charge in [0.2, 0.25) is 5.91 Å². The summed E-state index contributed by atoms with van der Waals surface area (Å²) in [5.41, 5.74) is 4.21. The van der Waals surface area contributed by atoms with Crippen LogP contribution in [0.5, 0.6) is 17.2 Å². The molecule has 1 N–H and O–H groups in total. The highest BCUT2D eigenvalue weighted by atomic mass is 16.5. The first kappa shape index (κ1) is 19.3. The summed E-state index contributed by atoms with van der Waals surface area (Å²) >= 11 is 0. The third-order valence-corrected chi connectivity index (χ3v) is 3.57. The molecule has 0 saturated heterocycles. The molecule has 0 aliphatic heterocycles. The minimum absolute atomic E-state index is 0.196. The number of hydrogen-bond donors (Lipinski definition) is 1. The number of amides is 1. The molecule has 2 aromatic carbocycles. The van der Waals surface area contributed by atoms with Crippen molar-refractivity contribution in [2.45, 2.75) is 19.8 Å². The van der Waals surface area contributed by atoms with E-state index in [0.29, 0.717) is 18.1 Å². The van der Waals surface area contributed by atoms with Crippen molar-refractivity contribution >= 4 is 12.1 Å². The van der Waals surface area contributed by atoms with Crippen LogP contribution in [0.4, 0.5) is 0 Å². The number of hydrogen-bond acceptors (Lipinski definition) is 5. The summed E-state index contributed by atoms with van der Waals surface area (Å²) in [5, 5.41) is 3.98. The van der Waals surface area contributed by atoms with Gasteiger partial charge in [0.05, 0.1) is 33.5 Å². The Morgan fingerprint density at radius 1 is 1.08 bits per heavy atom. The predicted octanol–water partition coefficient (Wildman–Crippen LogP) is 3.19. The van der Waals surface area contributed by atoms with Gasteiger partial charge in [0.1, 0.15) is 5.75 Å². The Labute approximate surface area is 153 Å². The molecule has 138 valence electrons. The fraction of sp³-hybridized carbons (Fsp3) is 0.300. The highest BCUT2D eigenvalue weighted by molar-refractivity contribution is 5.83. The van der Waals surface area contributed by atoms with Gasteiger partial charge in [0, 0.05) is 0 Å². The maximum Gasteiger partial charge on any atom is 0.244 e. The number of methoxy groups -OCH3 is 2. The van der Waals surface area contributed by atoms with Crippen LogP contribution in [-0.4, -0.2) is 32.9 Å². The molecule has 2 aromatic rings. The van der Waals surface area contributed by atoms with Crippen LogP contribution in [-0.2, 0) is 11.2 Å². The first-order valence-electron chi connectivity index (χ1n) is 8.42. The SMILES string of the molecule is CCCOc1ccc(/C=N/NC(=O)Cc2ccc(OC)c(OC)c2)cc1. The van der Waals surface area contributed by atoms with E-state index in [1.807, 2.05) is 30.3 Å². The lowest BCUT2D eigenvalue weighted by Crippen LogP contribution is -2.19. The van der Waals surface area contributed by atoms with Crippen molar-refractivity contribution < 1.29 is 19.0 Å². The maximum absolute atomic E-state index is 12.0. The van der Waals surface area contributed by atoms with Crippen molar-refractivity contribution in [2.24, 2.45) is 5.10 Å². The summed E-state index contributed by atoms with van der Waals surface area (Å²) in [6, 6.07) is 12.9. The quantitative estimate of drug-likeness (QED) is 0.553. The minimum atomic E-state index is -0.212. The summed E-state index contributed by atoms with van der Waals surface area (Å²) in [6.45, 7) is 2.76. The molecule has 0 radical (unpaired) electrons. The molecule has 1 amide bonds. The molecular weight excluding hydrogens is 332 g/mol. The zero-order valence-electron chi connectivity index (χ0n) is 15.3. The third kappa shape index (κ3) is 5.81. The molecule has 0 aliphatic rings. The van der Waals surface area contributed by atoms with E-state index in [1.165, 1.54) is 0 Å². The molecule has 0 fully saturated rings. The monoisotopic (exact) mass is 356 g/mol. The molecular formula is C20H24N2O4. The fourth-order valence-electron chi connectivity index (χ4n) is 2.26. The van der Waals surface area contributed by atoms with Crippen molar-refractivity contribution in [1.29, 1.82) is 0 Å². The summed E-state index contributed by atoms with van der Waals surface area (Å²) in [4.78, 5) is 12.0. The molecule has 0 spiro atoms. The van der Waals surface area contributed by atoms with Gasteiger partial charge in [0.25, 0.3) is 0 Å². The first-order valence-corrected chi connectivity index (χ1v) is 8.42. The minimum Gasteiger partial charge on any atom is -0.494 e. The lowest BCUT2D eigenvalue weighted by atomic mass is 10.1. The number of rotatable bonds is 9. The molecule has 2 rings (SSSR count). The van der Waals surface area contributed by atoms with E-state index in [-0.39, 0.29) is 12.3 Å². The van der Waals surface area contributed by atoms with Gasteiger partial charge in [0.15, 0.2) is 11.5 Å². The Hall–Kier alpha value is -3.02. The van der Waals surface area contributed by atoms with Crippen molar-refractivity contribution in [3.05, 3.63) is 53.6 Å². The van der Waals surface area contributed by atoms with Crippen LogP contribution in [0.25, 0.3) is 0 Å². The average Bonchev–Trinajstić information content (AvgIpc) is 2.67. The van der Waals surface area contributed by atoms with Gasteiger partial charge in [-0.1, -0.05) is 13.0 Å². The number of hydrazone groups is 1. The highest BCUT2D eigenvalue weighted by Crippen LogP contribution is 2.27. The Balaban J connectivity index is 1.87. The van der Waals surface area contributed by atoms with Crippen molar-refractivity contribution in [2.75, 3.05) is 20.8 Å². The van der Waals surface area contributed by atoms with E-state index in [1.54, 1.807) is 32.6 Å². The van der Waals surface area contributed by atoms with Crippen molar-refractivity contribution in [3.8, 4) is 17.2 Å². The standard InChI is InChI=1S/C20H24N2O4/c1-4-11-26-17-8-5-15(6-9-17)14-21-22-20(23)13-16-7-10-18(24-2)19(12-16)25-3/h5-10,12,14H,4,11,13H2,1-3H3,(H,22,23)/b21-14+. The van der Waals surface area contributed by atoms with Crippen LogP contribution in [0, 0.1) is 0 Å². The molecule has 0 heterocycles. The second-order valence-electron chi connectivity index (χ2n) is 5.58. The van der Waals surface area contributed by atoms with E-state index in [2.05, 4.69) is 17.5 Å². The van der Waals surface area contributed by atoms with Crippen molar-refractivity contribution in [3.63, 3.8) is 0 Å². The van der Waals surface area contributed by atoms with Gasteiger partial charge in [-0.3, -0.25) is 4.79 Å². The Bertz CT molecular complexity index is 742. The van der Waals surface area contributed by atoms with Gasteiger partial charge >= 0.3 is 0 Å². The number of ether oxygens (including phenoxy) is 3. The summed E-state index contributed by atoms with van der Waals surface area (Å²) in [6.07, 6.45) is 2.76. The van der Waals surface area contributed by atoms with Crippen LogP contribution in [0.2, 0.25) is 0 Å². The van der Waals surface area contributed by atoms with Crippen LogP contribution in [0.15, 0.2) is 47.6 Å². The second kappa shape index (κ2) is 10.1. The Morgan fingerprint density at radius 2 is 1.81 bits per heavy atom. The Morgan fingerprint density at radius 3 is 2.46 bits per heavy atom. The van der Waals surface area contributed by atoms with Gasteiger partial charge in [-0.25, -0.2) is 5.43 Å². The molecule has 0 aliphatic carbocycles. The summed E-state index contributed by atoms with van der Waals surface area (Å²) < 4.78 is 15.9. The van der Waals surface area contributed by atoms with E-state index in [4.69, 9.17) is 14.2 Å². The zero-order valence-corrected chi connectivity index (χ0v) is 15.3. The second-order valence-corrected chi connectivity index (χ2v) is 5.58. The normalized spacial score (nSPS) is 10.6. The lowest BCUT2D eigenvalue weighted by molar-refractivity contribution is -0.120. The number of carbonyl (C=O) groups excluding carboxylic acids is 1. The summed E-state index contributed by atoms with van der Waals surface area (Å²) in [5.74, 6) is 1.82. The van der Waals surface area contributed by atoms with Crippen LogP contribution in [0.1, 0.15) is 24.5 Å². The number of nitrogens with zero attached hydrogens (tertiary/aromatic N) is 1. The third-order valence-electron chi connectivity index (χ3n) is 3.57. The van der Waals surface area contributed by atoms with Gasteiger partial charge in [-0.2, -0.15) is 5.10 Å². The van der Waals surface area contributed by atoms with Crippen LogP contribution in [0.3, 0.4) is 0 Å². The van der Waals surface area contributed by atoms with Gasteiger partial charge in [-0.15, -0.1) is 0 Å². The van der Waals surface area contributed by atoms with E-state index < -0.39 is 0 Å². The Kier molecular flexibility index (Phi) is 7.49. The molecule has 0 aromatic heterocycles. The van der Waals surface area contributed by atoms with E-state index >= 15 is 0 Å². The number of benzene rings is 2. The first-order chi connectivity index (χ1) is 12.7. The fourth-order valence-corrected chi connectivity index (χ4v) is 2.26. The average molecular weight is 356 g/mol. The number of carbonyl (C=O) groups is 1. The predicted molar refractivity (Wildman–Crippen MR) is 101 cm³/mol. The van der Waals surface area contributed by atoms with Gasteiger partial charge in [-0.05, 0) is 53.9 Å². The van der Waals surface area contributed by atoms with Crippen LogP contribution < -0.4 is 19.6 Å². The molecule has 0 bridgehead atoms. The smallest absolute Gasteiger partial charge is 0.244 e. The molecule has 0 unspecified atom stereocenters. The number of nitrogens with one attached hydrogen (secondary N) is 1. The molecule has 6 heteroatoms. The highest BCUT2D eigenvalue weighted by Gasteiger charge is 2.07. The largest absolute Gasteiger partial charge is 0.494 e. The van der Waals surface area contributed by atoms with Gasteiger partial charge < -0.3 is 14.2 Å². The van der Waals surface area contributed by atoms with Crippen LogP contribution >= 0.6 is 0 Å². The zero-order chi connectivity index (χ0) is 18.8. The lowest BCUT2D eigenvalue weighted by Gasteiger charge is -2.09. The summed E-state index contributed by atoms with van der Waals surface area (Å²) in [7, 11) is 3.13. The van der Waals surface area contributed by atoms with E-state index in [9.17, 15) is 4.79 Å². The molecule has 26 heavy (non-hydrogen) atoms. The molecule has 6 nitrogen and oxygen atoms in total. The topological polar surface area (TPSA) is 69.2 Å².